The third-order valence-electron chi connectivity index (χ3n) is 4.34. The molecule has 3 rings (SSSR count). The van der Waals surface area contributed by atoms with Crippen molar-refractivity contribution in [3.05, 3.63) is 29.8 Å². The lowest BCUT2D eigenvalue weighted by Crippen LogP contribution is -2.44. The molecule has 116 valence electrons. The number of anilines is 1. The molecule has 22 heavy (non-hydrogen) atoms. The number of imide groups is 1. The summed E-state index contributed by atoms with van der Waals surface area (Å²) in [6.07, 6.45) is 3.17. The number of benzene rings is 1. The second-order valence-electron chi connectivity index (χ2n) is 6.02. The molecule has 2 aliphatic rings. The number of aryl methyl sites for hydroxylation is 1. The molecule has 6 heteroatoms. The molecule has 1 heterocycles. The number of hydrogen-bond acceptors (Lipinski definition) is 3. The first kappa shape index (κ1) is 14.6. The first-order chi connectivity index (χ1) is 10.5. The first-order valence-corrected chi connectivity index (χ1v) is 7.51. The highest BCUT2D eigenvalue weighted by molar-refractivity contribution is 6.10. The van der Waals surface area contributed by atoms with Gasteiger partial charge in [-0.05, 0) is 31.9 Å². The average Bonchev–Trinajstić information content (AvgIpc) is 3.03. The Morgan fingerprint density at radius 3 is 2.50 bits per heavy atom. The smallest absolute Gasteiger partial charge is 0.325 e. The van der Waals surface area contributed by atoms with E-state index in [4.69, 9.17) is 0 Å². The molecule has 1 aromatic rings. The van der Waals surface area contributed by atoms with Gasteiger partial charge in [-0.2, -0.15) is 0 Å². The summed E-state index contributed by atoms with van der Waals surface area (Å²) in [7, 11) is 0. The Hall–Kier alpha value is -2.37. The molecule has 1 aliphatic heterocycles. The molecule has 1 saturated heterocycles. The maximum absolute atomic E-state index is 12.4. The molecule has 0 bridgehead atoms. The molecule has 2 fully saturated rings. The van der Waals surface area contributed by atoms with E-state index in [1.54, 1.807) is 12.1 Å². The predicted molar refractivity (Wildman–Crippen MR) is 81.3 cm³/mol. The summed E-state index contributed by atoms with van der Waals surface area (Å²) in [5.74, 6) is -0.642. The third kappa shape index (κ3) is 2.56. The molecule has 2 N–H and O–H groups in total. The molecule has 0 unspecified atom stereocenters. The summed E-state index contributed by atoms with van der Waals surface area (Å²) in [5, 5.41) is 5.47. The highest BCUT2D eigenvalue weighted by Gasteiger charge is 2.52. The molecule has 1 spiro atoms. The van der Waals surface area contributed by atoms with Crippen molar-refractivity contribution in [2.45, 2.75) is 38.1 Å². The molecule has 0 radical (unpaired) electrons. The van der Waals surface area contributed by atoms with Crippen LogP contribution in [0.2, 0.25) is 0 Å². The van der Waals surface area contributed by atoms with Crippen molar-refractivity contribution < 1.29 is 14.4 Å². The fourth-order valence-electron chi connectivity index (χ4n) is 3.12. The Kier molecular flexibility index (Phi) is 3.60. The van der Waals surface area contributed by atoms with Crippen LogP contribution < -0.4 is 10.6 Å². The summed E-state index contributed by atoms with van der Waals surface area (Å²) >= 11 is 0. The summed E-state index contributed by atoms with van der Waals surface area (Å²) in [4.78, 5) is 37.5. The van der Waals surface area contributed by atoms with Crippen LogP contribution in [0.5, 0.6) is 0 Å². The Bertz CT molecular complexity index is 618. The largest absolute Gasteiger partial charge is 0.325 e. The number of carbonyl (C=O) groups is 3. The van der Waals surface area contributed by atoms with E-state index in [0.717, 1.165) is 23.3 Å². The van der Waals surface area contributed by atoms with E-state index in [-0.39, 0.29) is 18.4 Å². The van der Waals surface area contributed by atoms with E-state index in [9.17, 15) is 14.4 Å². The van der Waals surface area contributed by atoms with Crippen LogP contribution in [0.15, 0.2) is 24.3 Å². The van der Waals surface area contributed by atoms with E-state index in [0.29, 0.717) is 18.5 Å². The lowest BCUT2D eigenvalue weighted by Gasteiger charge is -2.19. The average molecular weight is 301 g/mol. The molecule has 0 aromatic heterocycles. The van der Waals surface area contributed by atoms with Crippen LogP contribution in [0.3, 0.4) is 0 Å². The quantitative estimate of drug-likeness (QED) is 0.836. The van der Waals surface area contributed by atoms with E-state index in [2.05, 4.69) is 10.6 Å². The number of hydrogen-bond donors (Lipinski definition) is 2. The highest BCUT2D eigenvalue weighted by Crippen LogP contribution is 2.34. The molecular formula is C16H19N3O3. The van der Waals surface area contributed by atoms with Crippen LogP contribution in [-0.2, 0) is 9.59 Å². The van der Waals surface area contributed by atoms with Gasteiger partial charge < -0.3 is 10.6 Å². The monoisotopic (exact) mass is 301 g/mol. The number of nitrogens with one attached hydrogen (secondary N) is 2. The molecule has 0 atom stereocenters. The van der Waals surface area contributed by atoms with Gasteiger partial charge in [0.1, 0.15) is 12.1 Å². The maximum Gasteiger partial charge on any atom is 0.325 e. The van der Waals surface area contributed by atoms with Gasteiger partial charge in [0.2, 0.25) is 5.91 Å². The second kappa shape index (κ2) is 5.44. The van der Waals surface area contributed by atoms with Gasteiger partial charge in [0.15, 0.2) is 0 Å². The van der Waals surface area contributed by atoms with Crippen LogP contribution >= 0.6 is 0 Å². The number of rotatable bonds is 3. The fraction of sp³-hybridized carbons (Fsp3) is 0.438. The number of urea groups is 1. The van der Waals surface area contributed by atoms with Crippen molar-refractivity contribution in [2.24, 2.45) is 0 Å². The van der Waals surface area contributed by atoms with Crippen molar-refractivity contribution in [3.8, 4) is 0 Å². The lowest BCUT2D eigenvalue weighted by atomic mass is 9.98. The van der Waals surface area contributed by atoms with Crippen molar-refractivity contribution in [1.29, 1.82) is 0 Å². The zero-order valence-corrected chi connectivity index (χ0v) is 12.5. The van der Waals surface area contributed by atoms with Crippen LogP contribution in [0, 0.1) is 6.92 Å². The van der Waals surface area contributed by atoms with Gasteiger partial charge in [-0.25, -0.2) is 4.79 Å². The lowest BCUT2D eigenvalue weighted by molar-refractivity contribution is -0.133. The van der Waals surface area contributed by atoms with Crippen LogP contribution in [0.4, 0.5) is 10.5 Å². The SMILES string of the molecule is Cc1ccc(NC(=O)CN2C(=O)NC3(CCCC3)C2=O)cc1. The molecular weight excluding hydrogens is 282 g/mol. The second-order valence-corrected chi connectivity index (χ2v) is 6.02. The number of amides is 4. The fourth-order valence-corrected chi connectivity index (χ4v) is 3.12. The summed E-state index contributed by atoms with van der Waals surface area (Å²) in [5.41, 5.74) is 0.981. The van der Waals surface area contributed by atoms with Gasteiger partial charge in [0.05, 0.1) is 0 Å². The van der Waals surface area contributed by atoms with Gasteiger partial charge in [-0.15, -0.1) is 0 Å². The van der Waals surface area contributed by atoms with Crippen molar-refractivity contribution >= 4 is 23.5 Å². The molecule has 1 saturated carbocycles. The highest BCUT2D eigenvalue weighted by atomic mass is 16.2. The topological polar surface area (TPSA) is 78.5 Å². The molecule has 1 aromatic carbocycles. The maximum atomic E-state index is 12.4. The van der Waals surface area contributed by atoms with Crippen molar-refractivity contribution in [1.82, 2.24) is 10.2 Å². The van der Waals surface area contributed by atoms with Crippen molar-refractivity contribution in [2.75, 3.05) is 11.9 Å². The zero-order chi connectivity index (χ0) is 15.7. The predicted octanol–water partition coefficient (Wildman–Crippen LogP) is 1.80. The van der Waals surface area contributed by atoms with Gasteiger partial charge in [-0.3, -0.25) is 14.5 Å². The Morgan fingerprint density at radius 2 is 1.86 bits per heavy atom. The molecule has 6 nitrogen and oxygen atoms in total. The third-order valence-corrected chi connectivity index (χ3v) is 4.34. The van der Waals surface area contributed by atoms with Gasteiger partial charge in [0.25, 0.3) is 5.91 Å². The van der Waals surface area contributed by atoms with Gasteiger partial charge in [0, 0.05) is 5.69 Å². The summed E-state index contributed by atoms with van der Waals surface area (Å²) < 4.78 is 0. The van der Waals surface area contributed by atoms with E-state index < -0.39 is 11.6 Å². The Balaban J connectivity index is 1.65. The number of carbonyl (C=O) groups excluding carboxylic acids is 3. The van der Waals surface area contributed by atoms with Crippen molar-refractivity contribution in [3.63, 3.8) is 0 Å². The van der Waals surface area contributed by atoms with Gasteiger partial charge >= 0.3 is 6.03 Å². The normalized spacial score (nSPS) is 19.6. The first-order valence-electron chi connectivity index (χ1n) is 7.51. The standard InChI is InChI=1S/C16H19N3O3/c1-11-4-6-12(7-5-11)17-13(20)10-19-14(21)16(18-15(19)22)8-2-3-9-16/h4-7H,2-3,8-10H2,1H3,(H,17,20)(H,18,22). The summed E-state index contributed by atoms with van der Waals surface area (Å²) in [6.45, 7) is 1.71. The van der Waals surface area contributed by atoms with Crippen LogP contribution in [-0.4, -0.2) is 34.8 Å². The van der Waals surface area contributed by atoms with E-state index >= 15 is 0 Å². The van der Waals surface area contributed by atoms with Gasteiger partial charge in [-0.1, -0.05) is 30.5 Å². The van der Waals surface area contributed by atoms with E-state index in [1.807, 2.05) is 19.1 Å². The van der Waals surface area contributed by atoms with E-state index in [1.165, 1.54) is 0 Å². The minimum atomic E-state index is -0.763. The van der Waals surface area contributed by atoms with Crippen LogP contribution in [0.25, 0.3) is 0 Å². The molecule has 1 aliphatic carbocycles. The minimum Gasteiger partial charge on any atom is -0.325 e. The Labute approximate surface area is 128 Å². The summed E-state index contributed by atoms with van der Waals surface area (Å²) in [6, 6.07) is 6.88. The Morgan fingerprint density at radius 1 is 1.23 bits per heavy atom. The molecule has 4 amide bonds. The number of nitrogens with zero attached hydrogens (tertiary/aromatic N) is 1. The minimum absolute atomic E-state index is 0.250. The van der Waals surface area contributed by atoms with Crippen LogP contribution in [0.1, 0.15) is 31.2 Å². The zero-order valence-electron chi connectivity index (χ0n) is 12.5.